The van der Waals surface area contributed by atoms with Crippen molar-refractivity contribution in [2.75, 3.05) is 19.7 Å². The molecule has 13 N–H and O–H groups in total. The maximum atomic E-state index is 12.9. The van der Waals surface area contributed by atoms with Gasteiger partial charge in [0, 0.05) is 6.54 Å². The maximum absolute atomic E-state index is 12.9. The van der Waals surface area contributed by atoms with Crippen LogP contribution in [0, 0.1) is 5.92 Å². The van der Waals surface area contributed by atoms with E-state index in [1.807, 2.05) is 0 Å². The quantitative estimate of drug-likeness (QED) is 0.0558. The van der Waals surface area contributed by atoms with Crippen LogP contribution in [0.2, 0.25) is 0 Å². The minimum absolute atomic E-state index is 0.0618. The van der Waals surface area contributed by atoms with E-state index in [1.54, 1.807) is 13.8 Å². The number of carbonyl (C=O) groups excluding carboxylic acids is 3. The van der Waals surface area contributed by atoms with Gasteiger partial charge in [0.2, 0.25) is 17.7 Å². The highest BCUT2D eigenvalue weighted by atomic mass is 16.4. The van der Waals surface area contributed by atoms with Gasteiger partial charge < -0.3 is 49.1 Å². The zero-order valence-corrected chi connectivity index (χ0v) is 19.8. The van der Waals surface area contributed by atoms with Crippen molar-refractivity contribution >= 4 is 29.7 Å². The average Bonchev–Trinajstić information content (AvgIpc) is 2.76. The van der Waals surface area contributed by atoms with Crippen molar-refractivity contribution in [3.63, 3.8) is 0 Å². The van der Waals surface area contributed by atoms with Crippen LogP contribution in [0.3, 0.4) is 0 Å². The maximum Gasteiger partial charge on any atom is 0.328 e. The van der Waals surface area contributed by atoms with E-state index in [2.05, 4.69) is 20.9 Å². The molecule has 4 unspecified atom stereocenters. The Kier molecular flexibility index (Phi) is 15.2. The van der Waals surface area contributed by atoms with Gasteiger partial charge in [-0.2, -0.15) is 0 Å². The van der Waals surface area contributed by atoms with Crippen LogP contribution in [0.4, 0.5) is 0 Å². The van der Waals surface area contributed by atoms with Gasteiger partial charge in [-0.3, -0.25) is 19.4 Å². The van der Waals surface area contributed by atoms with Crippen molar-refractivity contribution in [3.05, 3.63) is 0 Å². The Balaban J connectivity index is 5.23. The number of aliphatic hydroxyl groups excluding tert-OH is 1. The molecule has 0 aromatic heterocycles. The zero-order chi connectivity index (χ0) is 26.3. The minimum atomic E-state index is -1.51. The molecule has 0 saturated heterocycles. The molecule has 14 heteroatoms. The van der Waals surface area contributed by atoms with Crippen LogP contribution in [-0.4, -0.2) is 83.7 Å². The molecule has 34 heavy (non-hydrogen) atoms. The van der Waals surface area contributed by atoms with Crippen LogP contribution >= 0.6 is 0 Å². The number of rotatable bonds is 17. The van der Waals surface area contributed by atoms with Gasteiger partial charge in [-0.15, -0.1) is 0 Å². The number of nitrogens with zero attached hydrogens (tertiary/aromatic N) is 1. The molecule has 196 valence electrons. The number of amides is 3. The number of aliphatic carboxylic acids is 1. The number of guanidine groups is 1. The van der Waals surface area contributed by atoms with Gasteiger partial charge in [0.1, 0.15) is 18.1 Å². The summed E-state index contributed by atoms with van der Waals surface area (Å²) in [6, 6.07) is -4.49. The fourth-order valence-corrected chi connectivity index (χ4v) is 2.93. The van der Waals surface area contributed by atoms with Gasteiger partial charge in [0.05, 0.1) is 12.6 Å². The smallest absolute Gasteiger partial charge is 0.328 e. The molecule has 0 heterocycles. The van der Waals surface area contributed by atoms with Crippen LogP contribution < -0.4 is 38.9 Å². The number of unbranched alkanes of at least 4 members (excludes halogenated alkanes) is 1. The van der Waals surface area contributed by atoms with E-state index < -0.39 is 54.5 Å². The lowest BCUT2D eigenvalue weighted by atomic mass is 10.0. The number of aliphatic imine (C=N–C) groups is 1. The summed E-state index contributed by atoms with van der Waals surface area (Å²) in [6.45, 7) is 3.30. The lowest BCUT2D eigenvalue weighted by Crippen LogP contribution is -2.58. The highest BCUT2D eigenvalue weighted by Gasteiger charge is 2.31. The summed E-state index contributed by atoms with van der Waals surface area (Å²) in [6.07, 6.45) is 2.02. The third kappa shape index (κ3) is 12.3. The molecule has 0 rings (SSSR count). The number of carboxylic acid groups (broad SMARTS) is 1. The second kappa shape index (κ2) is 16.6. The SMILES string of the molecule is CC(C)C(NC(=O)C(N)CCCN=C(N)N)C(=O)NC(CCCCN)C(=O)NC(CO)C(=O)O. The second-order valence-corrected chi connectivity index (χ2v) is 8.21. The van der Waals surface area contributed by atoms with Crippen molar-refractivity contribution < 1.29 is 29.4 Å². The van der Waals surface area contributed by atoms with Crippen LogP contribution in [0.25, 0.3) is 0 Å². The van der Waals surface area contributed by atoms with E-state index >= 15 is 0 Å². The molecule has 0 fully saturated rings. The zero-order valence-electron chi connectivity index (χ0n) is 19.8. The summed E-state index contributed by atoms with van der Waals surface area (Å²) in [5.74, 6) is -3.75. The van der Waals surface area contributed by atoms with E-state index in [9.17, 15) is 19.2 Å². The molecule has 0 spiro atoms. The van der Waals surface area contributed by atoms with E-state index in [1.165, 1.54) is 0 Å². The van der Waals surface area contributed by atoms with E-state index in [-0.39, 0.29) is 24.7 Å². The van der Waals surface area contributed by atoms with E-state index in [0.29, 0.717) is 32.4 Å². The van der Waals surface area contributed by atoms with E-state index in [4.69, 9.17) is 33.1 Å². The Labute approximate surface area is 199 Å². The largest absolute Gasteiger partial charge is 0.480 e. The number of hydrogen-bond donors (Lipinski definition) is 9. The summed E-state index contributed by atoms with van der Waals surface area (Å²) in [4.78, 5) is 53.0. The first-order chi connectivity index (χ1) is 15.9. The Morgan fingerprint density at radius 2 is 1.50 bits per heavy atom. The van der Waals surface area contributed by atoms with Crippen LogP contribution in [0.15, 0.2) is 4.99 Å². The Morgan fingerprint density at radius 3 is 2.00 bits per heavy atom. The van der Waals surface area contributed by atoms with Crippen LogP contribution in [0.1, 0.15) is 46.0 Å². The summed E-state index contributed by atoms with van der Waals surface area (Å²) < 4.78 is 0. The molecule has 0 aliphatic heterocycles. The molecule has 4 atom stereocenters. The molecular formula is C20H40N8O6. The van der Waals surface area contributed by atoms with Crippen LogP contribution in [-0.2, 0) is 19.2 Å². The van der Waals surface area contributed by atoms with Gasteiger partial charge in [-0.05, 0) is 44.6 Å². The highest BCUT2D eigenvalue weighted by Crippen LogP contribution is 2.07. The fraction of sp³-hybridized carbons (Fsp3) is 0.750. The number of hydrogen-bond acceptors (Lipinski definition) is 8. The monoisotopic (exact) mass is 488 g/mol. The normalized spacial score (nSPS) is 14.4. The molecular weight excluding hydrogens is 448 g/mol. The summed E-state index contributed by atoms with van der Waals surface area (Å²) in [5.41, 5.74) is 21.9. The fourth-order valence-electron chi connectivity index (χ4n) is 2.93. The van der Waals surface area contributed by atoms with Crippen molar-refractivity contribution in [1.29, 1.82) is 0 Å². The van der Waals surface area contributed by atoms with Gasteiger partial charge in [0.25, 0.3) is 0 Å². The third-order valence-electron chi connectivity index (χ3n) is 4.93. The predicted molar refractivity (Wildman–Crippen MR) is 126 cm³/mol. The van der Waals surface area contributed by atoms with Crippen molar-refractivity contribution in [2.24, 2.45) is 33.8 Å². The van der Waals surface area contributed by atoms with Crippen molar-refractivity contribution in [1.82, 2.24) is 16.0 Å². The lowest BCUT2D eigenvalue weighted by molar-refractivity contribution is -0.143. The molecule has 0 radical (unpaired) electrons. The minimum Gasteiger partial charge on any atom is -0.480 e. The molecule has 0 aliphatic carbocycles. The van der Waals surface area contributed by atoms with E-state index in [0.717, 1.165) is 0 Å². The number of aliphatic hydroxyl groups is 1. The number of nitrogens with two attached hydrogens (primary N) is 4. The molecule has 0 bridgehead atoms. The first kappa shape index (κ1) is 31.0. The van der Waals surface area contributed by atoms with Gasteiger partial charge in [-0.25, -0.2) is 4.79 Å². The molecule has 0 aromatic carbocycles. The third-order valence-corrected chi connectivity index (χ3v) is 4.93. The molecule has 3 amide bonds. The van der Waals surface area contributed by atoms with Crippen LogP contribution in [0.5, 0.6) is 0 Å². The Morgan fingerprint density at radius 1 is 0.882 bits per heavy atom. The predicted octanol–water partition coefficient (Wildman–Crippen LogP) is -3.32. The van der Waals surface area contributed by atoms with Crippen molar-refractivity contribution in [2.45, 2.75) is 70.1 Å². The topological polar surface area (TPSA) is 261 Å². The van der Waals surface area contributed by atoms with Gasteiger partial charge in [0.15, 0.2) is 5.96 Å². The number of carboxylic acids is 1. The lowest BCUT2D eigenvalue weighted by Gasteiger charge is -2.27. The van der Waals surface area contributed by atoms with Crippen molar-refractivity contribution in [3.8, 4) is 0 Å². The molecule has 0 saturated carbocycles. The van der Waals surface area contributed by atoms with Gasteiger partial charge in [-0.1, -0.05) is 13.8 Å². The summed E-state index contributed by atoms with van der Waals surface area (Å²) in [5, 5.41) is 25.6. The highest BCUT2D eigenvalue weighted by molar-refractivity contribution is 5.94. The standard InChI is InChI=1S/C20H40N8O6/c1-11(2)15(28-16(30)12(22)6-5-9-25-20(23)24)18(32)26-13(7-3-4-8-21)17(31)27-14(10-29)19(33)34/h11-15,29H,3-10,21-22H2,1-2H3,(H,26,32)(H,27,31)(H,28,30)(H,33,34)(H4,23,24,25). The first-order valence-electron chi connectivity index (χ1n) is 11.2. The molecule has 0 aromatic rings. The molecule has 0 aliphatic rings. The second-order valence-electron chi connectivity index (χ2n) is 8.21. The first-order valence-corrected chi connectivity index (χ1v) is 11.2. The Bertz CT molecular complexity index is 699. The Hall–Kier alpha value is -2.97. The summed E-state index contributed by atoms with van der Waals surface area (Å²) >= 11 is 0. The number of nitrogens with one attached hydrogen (secondary N) is 3. The van der Waals surface area contributed by atoms with Gasteiger partial charge >= 0.3 is 5.97 Å². The summed E-state index contributed by atoms with van der Waals surface area (Å²) in [7, 11) is 0. The average molecular weight is 489 g/mol. The number of carbonyl (C=O) groups is 4. The molecule has 14 nitrogen and oxygen atoms in total.